The number of fused-ring (bicyclic) bond motifs is 1. The molecule has 0 saturated carbocycles. The normalized spacial score (nSPS) is 10.3. The Kier molecular flexibility index (Phi) is 5.38. The van der Waals surface area contributed by atoms with E-state index in [2.05, 4.69) is 0 Å². The Morgan fingerprint density at radius 2 is 1.96 bits per heavy atom. The largest absolute Gasteiger partial charge is 0.508 e. The van der Waals surface area contributed by atoms with Gasteiger partial charge in [0.1, 0.15) is 17.9 Å². The molecule has 0 spiro atoms. The van der Waals surface area contributed by atoms with Crippen LogP contribution >= 0.6 is 0 Å². The lowest BCUT2D eigenvalue weighted by Crippen LogP contribution is -2.35. The van der Waals surface area contributed by atoms with E-state index in [1.54, 1.807) is 36.4 Å². The topological polar surface area (TPSA) is 104 Å². The lowest BCUT2D eigenvalue weighted by molar-refractivity contribution is -0.147. The summed E-state index contributed by atoms with van der Waals surface area (Å²) in [4.78, 5) is 25.7. The van der Waals surface area contributed by atoms with Crippen molar-refractivity contribution in [1.82, 2.24) is 0 Å². The number of phenols is 1. The van der Waals surface area contributed by atoms with Gasteiger partial charge in [-0.15, -0.1) is 0 Å². The zero-order valence-corrected chi connectivity index (χ0v) is 14.3. The average molecular weight is 364 g/mol. The van der Waals surface area contributed by atoms with Crippen molar-refractivity contribution in [2.45, 2.75) is 6.42 Å². The summed E-state index contributed by atoms with van der Waals surface area (Å²) >= 11 is 0. The van der Waals surface area contributed by atoms with Crippen molar-refractivity contribution < 1.29 is 23.8 Å². The number of hydrogen-bond donors (Lipinski definition) is 1. The summed E-state index contributed by atoms with van der Waals surface area (Å²) in [5.41, 5.74) is 1.61. The maximum atomic E-state index is 12.3. The minimum atomic E-state index is -0.593. The maximum absolute atomic E-state index is 12.3. The molecule has 136 valence electrons. The number of ether oxygens (including phenoxy) is 1. The van der Waals surface area contributed by atoms with Crippen LogP contribution in [0.2, 0.25) is 0 Å². The third-order valence-electron chi connectivity index (χ3n) is 3.93. The second-order valence-electron chi connectivity index (χ2n) is 5.75. The predicted molar refractivity (Wildman–Crippen MR) is 96.9 cm³/mol. The van der Waals surface area contributed by atoms with Crippen LogP contribution in [-0.2, 0) is 20.7 Å². The van der Waals surface area contributed by atoms with E-state index in [0.29, 0.717) is 22.2 Å². The lowest BCUT2D eigenvalue weighted by Gasteiger charge is -2.19. The molecule has 2 aromatic carbocycles. The molecule has 1 amide bonds. The second-order valence-corrected chi connectivity index (χ2v) is 5.75. The van der Waals surface area contributed by atoms with Gasteiger partial charge >= 0.3 is 5.97 Å². The van der Waals surface area contributed by atoms with Gasteiger partial charge in [-0.05, 0) is 24.3 Å². The standard InChI is InChI=1S/C20H16N2O5/c21-8-9-22(15-4-2-1-3-5-15)19(24)13-27-20(25)10-14-12-26-18-11-16(23)6-7-17(14)18/h1-7,11-12,23H,9-10,13H2. The van der Waals surface area contributed by atoms with Crippen LogP contribution in [0.5, 0.6) is 5.75 Å². The van der Waals surface area contributed by atoms with Crippen LogP contribution in [0.25, 0.3) is 11.0 Å². The minimum absolute atomic E-state index is 0.0649. The van der Waals surface area contributed by atoms with E-state index in [1.165, 1.54) is 23.3 Å². The molecule has 0 unspecified atom stereocenters. The first-order valence-corrected chi connectivity index (χ1v) is 8.15. The Labute approximate surface area is 155 Å². The number of benzene rings is 2. The van der Waals surface area contributed by atoms with E-state index in [9.17, 15) is 14.7 Å². The number of nitriles is 1. The SMILES string of the molecule is N#CCN(C(=O)COC(=O)Cc1coc2cc(O)ccc12)c1ccccc1. The van der Waals surface area contributed by atoms with E-state index < -0.39 is 18.5 Å². The predicted octanol–water partition coefficient (Wildman–Crippen LogP) is 2.78. The summed E-state index contributed by atoms with van der Waals surface area (Å²) in [5, 5.41) is 19.1. The van der Waals surface area contributed by atoms with Crippen molar-refractivity contribution in [2.75, 3.05) is 18.1 Å². The lowest BCUT2D eigenvalue weighted by atomic mass is 10.1. The van der Waals surface area contributed by atoms with Crippen molar-refractivity contribution in [1.29, 1.82) is 5.26 Å². The van der Waals surface area contributed by atoms with Crippen molar-refractivity contribution >= 4 is 28.5 Å². The minimum Gasteiger partial charge on any atom is -0.508 e. The quantitative estimate of drug-likeness (QED) is 0.533. The number of anilines is 1. The number of hydrogen-bond acceptors (Lipinski definition) is 6. The van der Waals surface area contributed by atoms with Gasteiger partial charge in [0.25, 0.3) is 5.91 Å². The highest BCUT2D eigenvalue weighted by molar-refractivity contribution is 5.96. The first-order valence-electron chi connectivity index (χ1n) is 8.15. The summed E-state index contributed by atoms with van der Waals surface area (Å²) in [6, 6.07) is 15.2. The Morgan fingerprint density at radius 1 is 1.19 bits per heavy atom. The summed E-state index contributed by atoms with van der Waals surface area (Å²) in [6.07, 6.45) is 1.34. The van der Waals surface area contributed by atoms with Crippen LogP contribution < -0.4 is 4.90 Å². The van der Waals surface area contributed by atoms with Gasteiger partial charge in [-0.1, -0.05) is 18.2 Å². The van der Waals surface area contributed by atoms with Crippen LogP contribution in [0.15, 0.2) is 59.2 Å². The molecule has 0 atom stereocenters. The number of carbonyl (C=O) groups is 2. The molecule has 0 radical (unpaired) electrons. The van der Waals surface area contributed by atoms with Gasteiger partial charge in [-0.2, -0.15) is 5.26 Å². The molecule has 0 aliphatic carbocycles. The van der Waals surface area contributed by atoms with Gasteiger partial charge in [-0.25, -0.2) is 0 Å². The molecule has 27 heavy (non-hydrogen) atoms. The number of furan rings is 1. The van der Waals surface area contributed by atoms with Gasteiger partial charge in [0, 0.05) is 22.7 Å². The van der Waals surface area contributed by atoms with Crippen molar-refractivity contribution in [3.8, 4) is 11.8 Å². The van der Waals surface area contributed by atoms with Crippen LogP contribution in [0.3, 0.4) is 0 Å². The smallest absolute Gasteiger partial charge is 0.310 e. The molecule has 3 rings (SSSR count). The van der Waals surface area contributed by atoms with Crippen molar-refractivity contribution in [3.05, 3.63) is 60.4 Å². The average Bonchev–Trinajstić information content (AvgIpc) is 3.06. The van der Waals surface area contributed by atoms with Crippen molar-refractivity contribution in [2.24, 2.45) is 0 Å². The highest BCUT2D eigenvalue weighted by atomic mass is 16.5. The van der Waals surface area contributed by atoms with Gasteiger partial charge in [0.2, 0.25) is 0 Å². The molecule has 7 nitrogen and oxygen atoms in total. The summed E-state index contributed by atoms with van der Waals surface area (Å²) < 4.78 is 10.4. The molecule has 0 fully saturated rings. The first kappa shape index (κ1) is 18.0. The highest BCUT2D eigenvalue weighted by Gasteiger charge is 2.18. The molecule has 0 saturated heterocycles. The van der Waals surface area contributed by atoms with Crippen LogP contribution in [-0.4, -0.2) is 30.1 Å². The fourth-order valence-electron chi connectivity index (χ4n) is 2.64. The Hall–Kier alpha value is -3.79. The molecule has 0 aliphatic rings. The number of nitrogens with zero attached hydrogens (tertiary/aromatic N) is 2. The summed E-state index contributed by atoms with van der Waals surface area (Å²) in [6.45, 7) is -0.609. The number of phenolic OH excluding ortho intramolecular Hbond substituents is 1. The second kappa shape index (κ2) is 8.06. The third kappa shape index (κ3) is 4.25. The molecule has 1 N–H and O–H groups in total. The van der Waals surface area contributed by atoms with E-state index in [-0.39, 0.29) is 18.7 Å². The zero-order valence-electron chi connectivity index (χ0n) is 14.3. The molecule has 0 aliphatic heterocycles. The number of aromatic hydroxyl groups is 1. The molecular formula is C20H16N2O5. The molecule has 0 bridgehead atoms. The molecule has 3 aromatic rings. The number of carbonyl (C=O) groups excluding carboxylic acids is 2. The van der Waals surface area contributed by atoms with Gasteiger partial charge in [-0.3, -0.25) is 14.5 Å². The van der Waals surface area contributed by atoms with Gasteiger partial charge < -0.3 is 14.3 Å². The number of amides is 1. The van der Waals surface area contributed by atoms with Crippen molar-refractivity contribution in [3.63, 3.8) is 0 Å². The van der Waals surface area contributed by atoms with Gasteiger partial charge in [0.15, 0.2) is 6.61 Å². The Morgan fingerprint density at radius 3 is 2.70 bits per heavy atom. The first-order chi connectivity index (χ1) is 13.1. The van der Waals surface area contributed by atoms with Crippen LogP contribution in [0.1, 0.15) is 5.56 Å². The zero-order chi connectivity index (χ0) is 19.2. The van der Waals surface area contributed by atoms with Crippen LogP contribution in [0.4, 0.5) is 5.69 Å². The number of esters is 1. The molecular weight excluding hydrogens is 348 g/mol. The van der Waals surface area contributed by atoms with Crippen LogP contribution in [0, 0.1) is 11.3 Å². The summed E-state index contributed by atoms with van der Waals surface area (Å²) in [7, 11) is 0. The molecule has 1 heterocycles. The number of rotatable bonds is 6. The molecule has 1 aromatic heterocycles. The Bertz CT molecular complexity index is 1000. The third-order valence-corrected chi connectivity index (χ3v) is 3.93. The van der Waals surface area contributed by atoms with E-state index >= 15 is 0 Å². The van der Waals surface area contributed by atoms with Gasteiger partial charge in [0.05, 0.1) is 18.8 Å². The fourth-order valence-corrected chi connectivity index (χ4v) is 2.64. The summed E-state index contributed by atoms with van der Waals surface area (Å²) in [5.74, 6) is -1.02. The van der Waals surface area contributed by atoms with E-state index in [0.717, 1.165) is 0 Å². The maximum Gasteiger partial charge on any atom is 0.310 e. The van der Waals surface area contributed by atoms with E-state index in [4.69, 9.17) is 14.4 Å². The monoisotopic (exact) mass is 364 g/mol. The number of para-hydroxylation sites is 1. The van der Waals surface area contributed by atoms with E-state index in [1.807, 2.05) is 6.07 Å². The highest BCUT2D eigenvalue weighted by Crippen LogP contribution is 2.25. The fraction of sp³-hybridized carbons (Fsp3) is 0.150. The Balaban J connectivity index is 1.62. The molecule has 7 heteroatoms.